The van der Waals surface area contributed by atoms with Gasteiger partial charge < -0.3 is 0 Å². The highest BCUT2D eigenvalue weighted by molar-refractivity contribution is 7.99. The minimum atomic E-state index is -3.62. The molecule has 4 nitrogen and oxygen atoms in total. The van der Waals surface area contributed by atoms with Crippen LogP contribution in [0.2, 0.25) is 0 Å². The average molecular weight is 229 g/mol. The molecule has 0 atom stereocenters. The second-order valence-corrected chi connectivity index (χ2v) is 5.24. The third-order valence-corrected chi connectivity index (χ3v) is 4.28. The Bertz CT molecular complexity index is 507. The number of thioether (sulfide) groups is 1. The summed E-state index contributed by atoms with van der Waals surface area (Å²) in [5, 5.41) is 0. The van der Waals surface area contributed by atoms with Crippen LogP contribution in [-0.4, -0.2) is 20.6 Å². The van der Waals surface area contributed by atoms with Crippen molar-refractivity contribution in [2.45, 2.75) is 9.79 Å². The van der Waals surface area contributed by atoms with Crippen LogP contribution in [0, 0.1) is 0 Å². The van der Waals surface area contributed by atoms with Gasteiger partial charge in [-0.05, 0) is 18.4 Å². The molecule has 0 saturated heterocycles. The van der Waals surface area contributed by atoms with E-state index < -0.39 is 15.9 Å². The maximum absolute atomic E-state index is 11.5. The molecule has 0 aliphatic carbocycles. The van der Waals surface area contributed by atoms with Crippen LogP contribution in [-0.2, 0) is 10.0 Å². The molecule has 1 aliphatic heterocycles. The van der Waals surface area contributed by atoms with Gasteiger partial charge in [0.25, 0.3) is 15.9 Å². The van der Waals surface area contributed by atoms with Crippen LogP contribution in [0.15, 0.2) is 28.0 Å². The number of hydrogen-bond donors (Lipinski definition) is 1. The van der Waals surface area contributed by atoms with Crippen molar-refractivity contribution in [1.82, 2.24) is 4.72 Å². The lowest BCUT2D eigenvalue weighted by Crippen LogP contribution is -2.20. The molecule has 0 saturated carbocycles. The molecule has 0 radical (unpaired) electrons. The van der Waals surface area contributed by atoms with Crippen molar-refractivity contribution in [1.29, 1.82) is 0 Å². The summed E-state index contributed by atoms with van der Waals surface area (Å²) in [5.74, 6) is -0.545. The lowest BCUT2D eigenvalue weighted by Gasteiger charge is -2.01. The number of rotatable bonds is 1. The zero-order valence-electron chi connectivity index (χ0n) is 7.27. The predicted molar refractivity (Wildman–Crippen MR) is 52.9 cm³/mol. The Balaban J connectivity index is 2.82. The number of hydrogen-bond acceptors (Lipinski definition) is 4. The number of sulfonamides is 1. The summed E-state index contributed by atoms with van der Waals surface area (Å²) >= 11 is 1.31. The molecule has 1 aromatic carbocycles. The summed E-state index contributed by atoms with van der Waals surface area (Å²) in [6.07, 6.45) is 1.77. The maximum Gasteiger partial charge on any atom is 0.266 e. The Morgan fingerprint density at radius 1 is 1.36 bits per heavy atom. The third kappa shape index (κ3) is 1.22. The first-order valence-electron chi connectivity index (χ1n) is 3.80. The summed E-state index contributed by atoms with van der Waals surface area (Å²) in [7, 11) is -3.62. The molecule has 0 unspecified atom stereocenters. The zero-order chi connectivity index (χ0) is 10.3. The number of amides is 1. The van der Waals surface area contributed by atoms with Crippen molar-refractivity contribution >= 4 is 27.7 Å². The number of carbonyl (C=O) groups excluding carboxylic acids is 1. The van der Waals surface area contributed by atoms with Gasteiger partial charge in [0.05, 0.1) is 5.56 Å². The van der Waals surface area contributed by atoms with E-state index in [1.807, 2.05) is 4.72 Å². The van der Waals surface area contributed by atoms with E-state index in [-0.39, 0.29) is 10.5 Å². The van der Waals surface area contributed by atoms with Crippen LogP contribution in [0.1, 0.15) is 10.4 Å². The number of nitrogens with one attached hydrogen (secondary N) is 1. The molecule has 6 heteroatoms. The zero-order valence-corrected chi connectivity index (χ0v) is 8.91. The van der Waals surface area contributed by atoms with E-state index >= 15 is 0 Å². The Kier molecular flexibility index (Phi) is 2.04. The number of benzene rings is 1. The summed E-state index contributed by atoms with van der Waals surface area (Å²) in [4.78, 5) is 12.0. The second-order valence-electron chi connectivity index (χ2n) is 2.77. The molecule has 74 valence electrons. The molecule has 2 rings (SSSR count). The quantitative estimate of drug-likeness (QED) is 0.725. The Hall–Kier alpha value is -1.01. The first-order valence-corrected chi connectivity index (χ1v) is 6.51. The molecule has 1 aromatic rings. The van der Waals surface area contributed by atoms with Crippen molar-refractivity contribution in [2.24, 2.45) is 0 Å². The van der Waals surface area contributed by atoms with E-state index in [1.165, 1.54) is 17.8 Å². The normalized spacial score (nSPS) is 17.6. The summed E-state index contributed by atoms with van der Waals surface area (Å²) < 4.78 is 24.9. The molecular weight excluding hydrogens is 222 g/mol. The lowest BCUT2D eigenvalue weighted by molar-refractivity contribution is 0.0985. The fourth-order valence-corrected chi connectivity index (χ4v) is 3.69. The molecule has 1 aliphatic rings. The first-order chi connectivity index (χ1) is 6.56. The van der Waals surface area contributed by atoms with Gasteiger partial charge in [0.2, 0.25) is 0 Å². The van der Waals surface area contributed by atoms with Gasteiger partial charge in [-0.2, -0.15) is 0 Å². The minimum absolute atomic E-state index is 0.109. The Morgan fingerprint density at radius 2 is 2.07 bits per heavy atom. The van der Waals surface area contributed by atoms with Crippen molar-refractivity contribution < 1.29 is 13.2 Å². The highest BCUT2D eigenvalue weighted by Crippen LogP contribution is 2.31. The van der Waals surface area contributed by atoms with Gasteiger partial charge >= 0.3 is 0 Å². The van der Waals surface area contributed by atoms with Crippen LogP contribution in [0.5, 0.6) is 0 Å². The van der Waals surface area contributed by atoms with Crippen LogP contribution in [0.4, 0.5) is 0 Å². The van der Waals surface area contributed by atoms with Crippen LogP contribution >= 0.6 is 11.8 Å². The predicted octanol–water partition coefficient (Wildman–Crippen LogP) is 0.841. The highest BCUT2D eigenvalue weighted by Gasteiger charge is 2.34. The van der Waals surface area contributed by atoms with Crippen molar-refractivity contribution in [3.63, 3.8) is 0 Å². The van der Waals surface area contributed by atoms with Gasteiger partial charge in [-0.3, -0.25) is 4.79 Å². The number of carbonyl (C=O) groups is 1. The van der Waals surface area contributed by atoms with Gasteiger partial charge in [0, 0.05) is 4.90 Å². The lowest BCUT2D eigenvalue weighted by atomic mass is 10.2. The SMILES string of the molecule is CSc1cccc2c1S(=O)(=O)NC2=O. The fourth-order valence-electron chi connectivity index (χ4n) is 1.36. The molecular formula is C8H7NO3S2. The molecule has 0 spiro atoms. The maximum atomic E-state index is 11.5. The highest BCUT2D eigenvalue weighted by atomic mass is 32.2. The Morgan fingerprint density at radius 3 is 2.71 bits per heavy atom. The molecule has 1 amide bonds. The van der Waals surface area contributed by atoms with Gasteiger partial charge in [-0.25, -0.2) is 13.1 Å². The van der Waals surface area contributed by atoms with E-state index in [9.17, 15) is 13.2 Å². The van der Waals surface area contributed by atoms with Gasteiger partial charge in [0.1, 0.15) is 4.90 Å². The molecule has 1 N–H and O–H groups in total. The fraction of sp³-hybridized carbons (Fsp3) is 0.125. The van der Waals surface area contributed by atoms with Gasteiger partial charge in [-0.15, -0.1) is 11.8 Å². The van der Waals surface area contributed by atoms with Crippen molar-refractivity contribution in [2.75, 3.05) is 6.26 Å². The van der Waals surface area contributed by atoms with Gasteiger partial charge in [-0.1, -0.05) is 6.07 Å². The largest absolute Gasteiger partial charge is 0.268 e. The molecule has 0 fully saturated rings. The summed E-state index contributed by atoms with van der Waals surface area (Å²) in [5.41, 5.74) is 0.233. The molecule has 0 aromatic heterocycles. The Labute approximate surface area is 85.8 Å². The second kappa shape index (κ2) is 2.99. The van der Waals surface area contributed by atoms with E-state index in [0.717, 1.165) is 0 Å². The smallest absolute Gasteiger partial charge is 0.266 e. The van der Waals surface area contributed by atoms with Crippen LogP contribution in [0.25, 0.3) is 0 Å². The third-order valence-electron chi connectivity index (χ3n) is 1.94. The summed E-state index contributed by atoms with van der Waals surface area (Å²) in [6, 6.07) is 4.86. The van der Waals surface area contributed by atoms with Crippen molar-refractivity contribution in [3.8, 4) is 0 Å². The molecule has 0 bridgehead atoms. The van der Waals surface area contributed by atoms with Crippen molar-refractivity contribution in [3.05, 3.63) is 23.8 Å². The van der Waals surface area contributed by atoms with E-state index in [2.05, 4.69) is 0 Å². The van der Waals surface area contributed by atoms with Gasteiger partial charge in [0.15, 0.2) is 0 Å². The van der Waals surface area contributed by atoms with E-state index in [1.54, 1.807) is 18.4 Å². The van der Waals surface area contributed by atoms with E-state index in [0.29, 0.717) is 4.90 Å². The molecule has 14 heavy (non-hydrogen) atoms. The standard InChI is InChI=1S/C8H7NO3S2/c1-13-6-4-2-3-5-7(6)14(11,12)9-8(5)10/h2-4H,1H3,(H,9,10). The topological polar surface area (TPSA) is 63.2 Å². The van der Waals surface area contributed by atoms with Crippen LogP contribution in [0.3, 0.4) is 0 Å². The number of fused-ring (bicyclic) bond motifs is 1. The average Bonchev–Trinajstić information content (AvgIpc) is 2.38. The summed E-state index contributed by atoms with van der Waals surface area (Å²) in [6.45, 7) is 0. The first kappa shape index (κ1) is 9.54. The minimum Gasteiger partial charge on any atom is -0.268 e. The monoisotopic (exact) mass is 229 g/mol. The molecule has 1 heterocycles. The van der Waals surface area contributed by atoms with E-state index in [4.69, 9.17) is 0 Å². The van der Waals surface area contributed by atoms with Crippen LogP contribution < -0.4 is 4.72 Å².